The molecule has 0 bridgehead atoms. The van der Waals surface area contributed by atoms with Crippen LogP contribution in [-0.2, 0) is 16.1 Å². The summed E-state index contributed by atoms with van der Waals surface area (Å²) in [5.74, 6) is 0.311. The Labute approximate surface area is 143 Å². The second-order valence-corrected chi connectivity index (χ2v) is 6.43. The van der Waals surface area contributed by atoms with E-state index in [2.05, 4.69) is 0 Å². The molecule has 6 nitrogen and oxygen atoms in total. The van der Waals surface area contributed by atoms with E-state index in [1.165, 1.54) is 0 Å². The smallest absolute Gasteiger partial charge is 0.239 e. The Hall–Kier alpha value is -2.08. The van der Waals surface area contributed by atoms with E-state index in [1.54, 1.807) is 12.0 Å². The minimum atomic E-state index is -0.317. The molecule has 0 radical (unpaired) electrons. The number of primary amides is 1. The van der Waals surface area contributed by atoms with Crippen molar-refractivity contribution < 1.29 is 14.3 Å². The van der Waals surface area contributed by atoms with Crippen LogP contribution in [0.5, 0.6) is 5.75 Å². The Bertz CT molecular complexity index is 591. The molecule has 6 heteroatoms. The molecule has 1 fully saturated rings. The van der Waals surface area contributed by atoms with Crippen molar-refractivity contribution in [1.29, 1.82) is 0 Å². The number of likely N-dealkylation sites (tertiary alicyclic amines) is 1. The van der Waals surface area contributed by atoms with Crippen molar-refractivity contribution in [2.24, 2.45) is 11.7 Å². The Morgan fingerprint density at radius 3 is 2.79 bits per heavy atom. The van der Waals surface area contributed by atoms with E-state index in [9.17, 15) is 9.59 Å². The molecule has 1 aliphatic rings. The highest BCUT2D eigenvalue weighted by atomic mass is 16.5. The number of likely N-dealkylation sites (N-methyl/N-ethyl adjacent to an activating group) is 1. The number of amides is 2. The summed E-state index contributed by atoms with van der Waals surface area (Å²) in [6.45, 7) is 3.63. The van der Waals surface area contributed by atoms with Crippen LogP contribution >= 0.6 is 0 Å². The second kappa shape index (κ2) is 8.15. The molecule has 2 rings (SSSR count). The van der Waals surface area contributed by atoms with E-state index in [1.807, 2.05) is 43.1 Å². The van der Waals surface area contributed by atoms with Gasteiger partial charge in [0.25, 0.3) is 0 Å². The number of carbonyl (C=O) groups is 2. The summed E-state index contributed by atoms with van der Waals surface area (Å²) < 4.78 is 5.37. The zero-order valence-corrected chi connectivity index (χ0v) is 14.7. The van der Waals surface area contributed by atoms with Gasteiger partial charge in [0, 0.05) is 25.2 Å². The number of ether oxygens (including phenoxy) is 1. The average Bonchev–Trinajstić information content (AvgIpc) is 2.60. The van der Waals surface area contributed by atoms with Gasteiger partial charge in [-0.3, -0.25) is 14.5 Å². The third-order valence-electron chi connectivity index (χ3n) is 4.77. The van der Waals surface area contributed by atoms with Crippen LogP contribution in [0, 0.1) is 5.92 Å². The number of hydrogen-bond acceptors (Lipinski definition) is 4. The topological polar surface area (TPSA) is 75.9 Å². The number of rotatable bonds is 6. The standard InChI is InChI=1S/C18H27N3O3/c1-13(18(23)21-10-6-8-15(12-21)17(19)22)20(2)11-14-7-4-5-9-16(14)24-3/h4-5,7,9,13,15H,6,8,10-12H2,1-3H3,(H2,19,22)/t13-,15+/m0/s1. The van der Waals surface area contributed by atoms with Crippen LogP contribution in [0.3, 0.4) is 0 Å². The molecule has 0 aliphatic carbocycles. The van der Waals surface area contributed by atoms with Crippen molar-refractivity contribution in [2.45, 2.75) is 32.4 Å². The van der Waals surface area contributed by atoms with Crippen LogP contribution in [0.4, 0.5) is 0 Å². The van der Waals surface area contributed by atoms with Gasteiger partial charge in [-0.25, -0.2) is 0 Å². The van der Waals surface area contributed by atoms with E-state index in [4.69, 9.17) is 10.5 Å². The SMILES string of the molecule is COc1ccccc1CN(C)[C@@H](C)C(=O)N1CCC[C@@H](C(N)=O)C1. The molecular formula is C18H27N3O3. The van der Waals surface area contributed by atoms with Crippen LogP contribution in [0.1, 0.15) is 25.3 Å². The van der Waals surface area contributed by atoms with Crippen molar-refractivity contribution in [3.05, 3.63) is 29.8 Å². The van der Waals surface area contributed by atoms with Gasteiger partial charge >= 0.3 is 0 Å². The predicted molar refractivity (Wildman–Crippen MR) is 92.4 cm³/mol. The largest absolute Gasteiger partial charge is 0.496 e. The molecule has 0 unspecified atom stereocenters. The Morgan fingerprint density at radius 1 is 1.42 bits per heavy atom. The second-order valence-electron chi connectivity index (χ2n) is 6.43. The fourth-order valence-electron chi connectivity index (χ4n) is 3.10. The molecule has 2 N–H and O–H groups in total. The van der Waals surface area contributed by atoms with Crippen molar-refractivity contribution in [2.75, 3.05) is 27.2 Å². The molecule has 1 aromatic carbocycles. The van der Waals surface area contributed by atoms with Crippen molar-refractivity contribution in [3.8, 4) is 5.75 Å². The van der Waals surface area contributed by atoms with Gasteiger partial charge in [-0.05, 0) is 32.9 Å². The highest BCUT2D eigenvalue weighted by molar-refractivity contribution is 5.83. The van der Waals surface area contributed by atoms with Gasteiger partial charge in [-0.15, -0.1) is 0 Å². The van der Waals surface area contributed by atoms with Gasteiger partial charge in [0.1, 0.15) is 5.75 Å². The normalized spacial score (nSPS) is 19.2. The zero-order valence-electron chi connectivity index (χ0n) is 14.7. The lowest BCUT2D eigenvalue weighted by Crippen LogP contribution is -2.50. The van der Waals surface area contributed by atoms with Gasteiger partial charge in [-0.1, -0.05) is 18.2 Å². The maximum absolute atomic E-state index is 12.8. The van der Waals surface area contributed by atoms with Gasteiger partial charge in [0.2, 0.25) is 11.8 Å². The summed E-state index contributed by atoms with van der Waals surface area (Å²) >= 11 is 0. The van der Waals surface area contributed by atoms with Gasteiger partial charge in [0.05, 0.1) is 19.1 Å². The minimum Gasteiger partial charge on any atom is -0.496 e. The lowest BCUT2D eigenvalue weighted by molar-refractivity contribution is -0.139. The highest BCUT2D eigenvalue weighted by Crippen LogP contribution is 2.21. The van der Waals surface area contributed by atoms with Crippen molar-refractivity contribution in [3.63, 3.8) is 0 Å². The van der Waals surface area contributed by atoms with Crippen LogP contribution < -0.4 is 10.5 Å². The number of nitrogens with two attached hydrogens (primary N) is 1. The monoisotopic (exact) mass is 333 g/mol. The number of benzene rings is 1. The fraction of sp³-hybridized carbons (Fsp3) is 0.556. The molecule has 0 spiro atoms. The first-order chi connectivity index (χ1) is 11.4. The molecule has 24 heavy (non-hydrogen) atoms. The molecule has 1 heterocycles. The molecule has 132 valence electrons. The van der Waals surface area contributed by atoms with E-state index in [0.717, 1.165) is 24.2 Å². The van der Waals surface area contributed by atoms with Gasteiger partial charge in [-0.2, -0.15) is 0 Å². The third-order valence-corrected chi connectivity index (χ3v) is 4.77. The van der Waals surface area contributed by atoms with Gasteiger partial charge in [0.15, 0.2) is 0 Å². The maximum Gasteiger partial charge on any atom is 0.239 e. The first-order valence-corrected chi connectivity index (χ1v) is 8.34. The number of methoxy groups -OCH3 is 1. The number of piperidine rings is 1. The maximum atomic E-state index is 12.8. The number of carbonyl (C=O) groups excluding carboxylic acids is 2. The lowest BCUT2D eigenvalue weighted by atomic mass is 9.97. The Kier molecular flexibility index (Phi) is 6.20. The molecule has 2 atom stereocenters. The molecule has 0 saturated carbocycles. The number of hydrogen-bond donors (Lipinski definition) is 1. The highest BCUT2D eigenvalue weighted by Gasteiger charge is 2.30. The van der Waals surface area contributed by atoms with E-state index >= 15 is 0 Å². The molecule has 2 amide bonds. The van der Waals surface area contributed by atoms with Crippen LogP contribution in [0.2, 0.25) is 0 Å². The van der Waals surface area contributed by atoms with Crippen LogP contribution in [0.15, 0.2) is 24.3 Å². The average molecular weight is 333 g/mol. The molecular weight excluding hydrogens is 306 g/mol. The Morgan fingerprint density at radius 2 is 2.12 bits per heavy atom. The molecule has 0 aromatic heterocycles. The zero-order chi connectivity index (χ0) is 17.7. The van der Waals surface area contributed by atoms with Gasteiger partial charge < -0.3 is 15.4 Å². The summed E-state index contributed by atoms with van der Waals surface area (Å²) in [5.41, 5.74) is 6.44. The fourth-order valence-corrected chi connectivity index (χ4v) is 3.10. The summed E-state index contributed by atoms with van der Waals surface area (Å²) in [6, 6.07) is 7.52. The summed E-state index contributed by atoms with van der Waals surface area (Å²) in [7, 11) is 3.57. The molecule has 1 aliphatic heterocycles. The van der Waals surface area contributed by atoms with E-state index in [-0.39, 0.29) is 23.8 Å². The predicted octanol–water partition coefficient (Wildman–Crippen LogP) is 1.24. The summed E-state index contributed by atoms with van der Waals surface area (Å²) in [5, 5.41) is 0. The van der Waals surface area contributed by atoms with Crippen molar-refractivity contribution >= 4 is 11.8 Å². The summed E-state index contributed by atoms with van der Waals surface area (Å²) in [6.07, 6.45) is 1.59. The lowest BCUT2D eigenvalue weighted by Gasteiger charge is -2.35. The van der Waals surface area contributed by atoms with E-state index in [0.29, 0.717) is 19.6 Å². The number of nitrogens with zero attached hydrogens (tertiary/aromatic N) is 2. The molecule has 1 aromatic rings. The van der Waals surface area contributed by atoms with Crippen molar-refractivity contribution in [1.82, 2.24) is 9.80 Å². The Balaban J connectivity index is 2.00. The number of para-hydroxylation sites is 1. The van der Waals surface area contributed by atoms with Crippen LogP contribution in [-0.4, -0.2) is 54.9 Å². The first-order valence-electron chi connectivity index (χ1n) is 8.34. The van der Waals surface area contributed by atoms with Crippen LogP contribution in [0.25, 0.3) is 0 Å². The first kappa shape index (κ1) is 18.3. The summed E-state index contributed by atoms with van der Waals surface area (Å²) in [4.78, 5) is 27.9. The quantitative estimate of drug-likeness (QED) is 0.850. The third kappa shape index (κ3) is 4.26. The minimum absolute atomic E-state index is 0.0401. The molecule has 1 saturated heterocycles. The van der Waals surface area contributed by atoms with E-state index < -0.39 is 0 Å².